The van der Waals surface area contributed by atoms with Crippen LogP contribution in [0.2, 0.25) is 0 Å². The zero-order valence-corrected chi connectivity index (χ0v) is 16.0. The molecule has 2 aliphatic rings. The zero-order valence-electron chi connectivity index (χ0n) is 15.1. The third kappa shape index (κ3) is 4.20. The van der Waals surface area contributed by atoms with Crippen LogP contribution < -0.4 is 0 Å². The number of esters is 1. The second-order valence-electron chi connectivity index (χ2n) is 6.69. The smallest absolute Gasteiger partial charge is 0.338 e. The molecule has 0 radical (unpaired) electrons. The topological polar surface area (TPSA) is 66.9 Å². The van der Waals surface area contributed by atoms with Gasteiger partial charge in [-0.1, -0.05) is 6.07 Å². The second kappa shape index (κ2) is 8.12. The summed E-state index contributed by atoms with van der Waals surface area (Å²) >= 11 is 1.43. The van der Waals surface area contributed by atoms with Gasteiger partial charge in [0.05, 0.1) is 10.8 Å². The van der Waals surface area contributed by atoms with E-state index in [1.807, 2.05) is 17.9 Å². The molecule has 2 saturated heterocycles. The summed E-state index contributed by atoms with van der Waals surface area (Å²) in [5.74, 6) is -0.539. The number of nitrogens with zero attached hydrogens (tertiary/aromatic N) is 2. The van der Waals surface area contributed by atoms with Gasteiger partial charge in [-0.25, -0.2) is 4.79 Å². The van der Waals surface area contributed by atoms with Crippen molar-refractivity contribution in [3.05, 3.63) is 29.8 Å². The van der Waals surface area contributed by atoms with Gasteiger partial charge in [0.15, 0.2) is 6.10 Å². The van der Waals surface area contributed by atoms with E-state index in [-0.39, 0.29) is 17.1 Å². The van der Waals surface area contributed by atoms with E-state index in [1.165, 1.54) is 11.8 Å². The van der Waals surface area contributed by atoms with Gasteiger partial charge < -0.3 is 14.5 Å². The van der Waals surface area contributed by atoms with Crippen LogP contribution in [0, 0.1) is 0 Å². The lowest BCUT2D eigenvalue weighted by Crippen LogP contribution is -2.47. The minimum absolute atomic E-state index is 0.128. The van der Waals surface area contributed by atoms with E-state index in [4.69, 9.17) is 4.74 Å². The van der Waals surface area contributed by atoms with Crippen LogP contribution in [0.15, 0.2) is 29.2 Å². The number of hydrogen-bond donors (Lipinski definition) is 0. The van der Waals surface area contributed by atoms with Crippen LogP contribution in [0.5, 0.6) is 0 Å². The predicted molar refractivity (Wildman–Crippen MR) is 99.0 cm³/mol. The lowest BCUT2D eigenvalue weighted by molar-refractivity contribution is -0.143. The van der Waals surface area contributed by atoms with Crippen LogP contribution in [0.3, 0.4) is 0 Å². The average molecular weight is 376 g/mol. The molecular weight excluding hydrogens is 352 g/mol. The van der Waals surface area contributed by atoms with Gasteiger partial charge in [-0.3, -0.25) is 9.59 Å². The standard InChI is InChI=1S/C19H24N2O4S/c1-13(17(22)20-8-4-9-20)25-19(24)15-6-3-7-16(12-15)26-14(2)18(23)21-10-5-11-21/h3,6-7,12-14H,4-5,8-11H2,1-2H3. The van der Waals surface area contributed by atoms with E-state index >= 15 is 0 Å². The molecule has 6 nitrogen and oxygen atoms in total. The minimum atomic E-state index is -0.786. The van der Waals surface area contributed by atoms with Crippen molar-refractivity contribution in [1.82, 2.24) is 9.80 Å². The van der Waals surface area contributed by atoms with Gasteiger partial charge in [-0.05, 0) is 44.9 Å². The van der Waals surface area contributed by atoms with E-state index in [0.717, 1.165) is 43.9 Å². The third-order valence-electron chi connectivity index (χ3n) is 4.70. The molecule has 2 amide bonds. The minimum Gasteiger partial charge on any atom is -0.449 e. The highest BCUT2D eigenvalue weighted by Crippen LogP contribution is 2.27. The highest BCUT2D eigenvalue weighted by atomic mass is 32.2. The molecule has 0 spiro atoms. The Kier molecular flexibility index (Phi) is 5.86. The molecule has 2 heterocycles. The zero-order chi connectivity index (χ0) is 18.7. The molecular formula is C19H24N2O4S. The first-order chi connectivity index (χ1) is 12.5. The monoisotopic (exact) mass is 376 g/mol. The molecule has 0 aromatic heterocycles. The molecule has 7 heteroatoms. The molecule has 140 valence electrons. The van der Waals surface area contributed by atoms with Crippen LogP contribution >= 0.6 is 11.8 Å². The van der Waals surface area contributed by atoms with Crippen molar-refractivity contribution in [2.45, 2.75) is 42.9 Å². The maximum absolute atomic E-state index is 12.3. The van der Waals surface area contributed by atoms with Gasteiger partial charge in [0, 0.05) is 31.1 Å². The van der Waals surface area contributed by atoms with Gasteiger partial charge >= 0.3 is 5.97 Å². The number of carbonyl (C=O) groups is 3. The van der Waals surface area contributed by atoms with Crippen molar-refractivity contribution in [1.29, 1.82) is 0 Å². The van der Waals surface area contributed by atoms with E-state index in [9.17, 15) is 14.4 Å². The Labute approximate surface area is 157 Å². The van der Waals surface area contributed by atoms with Gasteiger partial charge in [0.1, 0.15) is 0 Å². The lowest BCUT2D eigenvalue weighted by atomic mass is 10.2. The molecule has 0 saturated carbocycles. The molecule has 1 aromatic rings. The lowest BCUT2D eigenvalue weighted by Gasteiger charge is -2.33. The van der Waals surface area contributed by atoms with Crippen molar-refractivity contribution in [3.63, 3.8) is 0 Å². The number of likely N-dealkylation sites (tertiary alicyclic amines) is 2. The van der Waals surface area contributed by atoms with E-state index in [2.05, 4.69) is 0 Å². The Bertz CT molecular complexity index is 701. The molecule has 0 bridgehead atoms. The molecule has 0 N–H and O–H groups in total. The van der Waals surface area contributed by atoms with Gasteiger partial charge in [0.2, 0.25) is 5.91 Å². The molecule has 2 atom stereocenters. The van der Waals surface area contributed by atoms with Crippen molar-refractivity contribution in [2.75, 3.05) is 26.2 Å². The van der Waals surface area contributed by atoms with E-state index in [1.54, 1.807) is 30.0 Å². The largest absolute Gasteiger partial charge is 0.449 e. The first-order valence-electron chi connectivity index (χ1n) is 9.01. The summed E-state index contributed by atoms with van der Waals surface area (Å²) < 4.78 is 5.31. The van der Waals surface area contributed by atoms with E-state index in [0.29, 0.717) is 5.56 Å². The Hall–Kier alpha value is -2.02. The van der Waals surface area contributed by atoms with Crippen molar-refractivity contribution in [2.24, 2.45) is 0 Å². The molecule has 3 rings (SSSR count). The fourth-order valence-corrected chi connectivity index (χ4v) is 3.83. The highest BCUT2D eigenvalue weighted by molar-refractivity contribution is 8.00. The second-order valence-corrected chi connectivity index (χ2v) is 8.11. The number of rotatable bonds is 6. The summed E-state index contributed by atoms with van der Waals surface area (Å²) in [6.07, 6.45) is 1.28. The fraction of sp³-hybridized carbons (Fsp3) is 0.526. The summed E-state index contributed by atoms with van der Waals surface area (Å²) in [7, 11) is 0. The maximum Gasteiger partial charge on any atom is 0.338 e. The Balaban J connectivity index is 1.58. The van der Waals surface area contributed by atoms with Crippen LogP contribution in [0.1, 0.15) is 37.0 Å². The maximum atomic E-state index is 12.3. The number of carbonyl (C=O) groups excluding carboxylic acids is 3. The number of benzene rings is 1. The average Bonchev–Trinajstić information content (AvgIpc) is 2.51. The molecule has 2 fully saturated rings. The summed E-state index contributed by atoms with van der Waals surface area (Å²) in [6, 6.07) is 7.01. The highest BCUT2D eigenvalue weighted by Gasteiger charge is 2.28. The summed E-state index contributed by atoms with van der Waals surface area (Å²) in [5, 5.41) is -0.200. The van der Waals surface area contributed by atoms with Gasteiger partial charge in [-0.2, -0.15) is 0 Å². The molecule has 0 aliphatic carbocycles. The van der Waals surface area contributed by atoms with Crippen LogP contribution in [0.25, 0.3) is 0 Å². The number of hydrogen-bond acceptors (Lipinski definition) is 5. The predicted octanol–water partition coefficient (Wildman–Crippen LogP) is 2.18. The van der Waals surface area contributed by atoms with Crippen molar-refractivity contribution < 1.29 is 19.1 Å². The molecule has 1 aromatic carbocycles. The van der Waals surface area contributed by atoms with E-state index < -0.39 is 12.1 Å². The molecule has 26 heavy (non-hydrogen) atoms. The van der Waals surface area contributed by atoms with Crippen LogP contribution in [0.4, 0.5) is 0 Å². The normalized spacial score (nSPS) is 18.4. The first-order valence-corrected chi connectivity index (χ1v) is 9.89. The summed E-state index contributed by atoms with van der Waals surface area (Å²) in [4.78, 5) is 41.0. The Morgan fingerprint density at radius 2 is 1.62 bits per heavy atom. The van der Waals surface area contributed by atoms with Gasteiger partial charge in [-0.15, -0.1) is 11.8 Å². The summed E-state index contributed by atoms with van der Waals surface area (Å²) in [6.45, 7) is 6.61. The fourth-order valence-electron chi connectivity index (χ4n) is 2.82. The van der Waals surface area contributed by atoms with Gasteiger partial charge in [0.25, 0.3) is 5.91 Å². The van der Waals surface area contributed by atoms with Crippen molar-refractivity contribution >= 4 is 29.5 Å². The van der Waals surface area contributed by atoms with Crippen molar-refractivity contribution in [3.8, 4) is 0 Å². The quantitative estimate of drug-likeness (QED) is 0.562. The SMILES string of the molecule is CC(OC(=O)c1cccc(SC(C)C(=O)N2CCC2)c1)C(=O)N1CCC1. The molecule has 2 aliphatic heterocycles. The van der Waals surface area contributed by atoms with Crippen LogP contribution in [-0.4, -0.2) is 65.1 Å². The number of ether oxygens (including phenoxy) is 1. The third-order valence-corrected chi connectivity index (χ3v) is 5.78. The number of thioether (sulfide) groups is 1. The number of amides is 2. The summed E-state index contributed by atoms with van der Waals surface area (Å²) in [5.41, 5.74) is 0.391. The Morgan fingerprint density at radius 1 is 1.00 bits per heavy atom. The Morgan fingerprint density at radius 3 is 2.19 bits per heavy atom. The van der Waals surface area contributed by atoms with Crippen LogP contribution in [-0.2, 0) is 14.3 Å². The first kappa shape index (κ1) is 18.8. The molecule has 2 unspecified atom stereocenters.